The lowest BCUT2D eigenvalue weighted by molar-refractivity contribution is 0.409. The van der Waals surface area contributed by atoms with Gasteiger partial charge >= 0.3 is 0 Å². The summed E-state index contributed by atoms with van der Waals surface area (Å²) in [7, 11) is 1.71. The molecule has 18 heavy (non-hydrogen) atoms. The van der Waals surface area contributed by atoms with Gasteiger partial charge < -0.3 is 10.1 Å². The van der Waals surface area contributed by atoms with Gasteiger partial charge in [0.1, 0.15) is 5.75 Å². The van der Waals surface area contributed by atoms with Crippen LogP contribution in [0.4, 0.5) is 5.13 Å². The minimum absolute atomic E-state index is 0.749. The van der Waals surface area contributed by atoms with Crippen LogP contribution in [-0.4, -0.2) is 28.5 Å². The first-order valence-electron chi connectivity index (χ1n) is 5.73. The molecule has 0 aliphatic rings. The Labute approximate surface area is 110 Å². The van der Waals surface area contributed by atoms with Gasteiger partial charge in [-0.15, -0.1) is 0 Å². The molecule has 0 amide bonds. The maximum atomic E-state index is 5.43. The van der Waals surface area contributed by atoms with Crippen molar-refractivity contribution in [3.8, 4) is 5.75 Å². The Bertz CT molecular complexity index is 513. The minimum Gasteiger partial charge on any atom is -0.496 e. The Balaban J connectivity index is 2.04. The maximum absolute atomic E-state index is 5.43. The maximum Gasteiger partial charge on any atom is 0.225 e. The van der Waals surface area contributed by atoms with Gasteiger partial charge in [0.2, 0.25) is 5.13 Å². The molecule has 5 nitrogen and oxygen atoms in total. The van der Waals surface area contributed by atoms with E-state index in [1.807, 2.05) is 0 Å². The van der Waals surface area contributed by atoms with Gasteiger partial charge in [0.15, 0.2) is 0 Å². The van der Waals surface area contributed by atoms with Crippen molar-refractivity contribution in [2.75, 3.05) is 19.0 Å². The Morgan fingerprint density at radius 2 is 2.17 bits per heavy atom. The first-order chi connectivity index (χ1) is 8.70. The van der Waals surface area contributed by atoms with E-state index in [0.29, 0.717) is 0 Å². The van der Waals surface area contributed by atoms with E-state index in [1.54, 1.807) is 7.11 Å². The largest absolute Gasteiger partial charge is 0.496 e. The second kappa shape index (κ2) is 5.77. The standard InChI is InChI=1S/C12H16N4OS/c1-8-6-9(2)10(11(7-8)17-3)4-5-13-12-14-15-16-18-12/h6-7H,4-5H2,1-3H3,(H,13,14,16). The second-order valence-corrected chi connectivity index (χ2v) is 4.84. The fraction of sp³-hybridized carbons (Fsp3) is 0.417. The predicted molar refractivity (Wildman–Crippen MR) is 72.4 cm³/mol. The summed E-state index contributed by atoms with van der Waals surface area (Å²) in [6.07, 6.45) is 0.884. The van der Waals surface area contributed by atoms with Gasteiger partial charge in [0, 0.05) is 18.1 Å². The normalized spacial score (nSPS) is 10.4. The molecule has 0 aliphatic carbocycles. The molecule has 1 aromatic heterocycles. The quantitative estimate of drug-likeness (QED) is 0.897. The van der Waals surface area contributed by atoms with Crippen molar-refractivity contribution in [3.63, 3.8) is 0 Å². The molecule has 1 N–H and O–H groups in total. The molecule has 0 saturated carbocycles. The van der Waals surface area contributed by atoms with Crippen molar-refractivity contribution >= 4 is 16.7 Å². The molecule has 0 radical (unpaired) electrons. The number of rotatable bonds is 5. The molecule has 0 atom stereocenters. The van der Waals surface area contributed by atoms with Gasteiger partial charge in [-0.1, -0.05) is 15.7 Å². The zero-order chi connectivity index (χ0) is 13.0. The van der Waals surface area contributed by atoms with Gasteiger partial charge in [0.25, 0.3) is 0 Å². The molecule has 0 aliphatic heterocycles. The van der Waals surface area contributed by atoms with Crippen molar-refractivity contribution in [2.45, 2.75) is 20.3 Å². The van der Waals surface area contributed by atoms with E-state index in [9.17, 15) is 0 Å². The van der Waals surface area contributed by atoms with E-state index < -0.39 is 0 Å². The lowest BCUT2D eigenvalue weighted by atomic mass is 10.0. The highest BCUT2D eigenvalue weighted by molar-refractivity contribution is 7.09. The van der Waals surface area contributed by atoms with Gasteiger partial charge in [-0.3, -0.25) is 0 Å². The summed E-state index contributed by atoms with van der Waals surface area (Å²) in [5.41, 5.74) is 3.70. The second-order valence-electron chi connectivity index (χ2n) is 4.11. The number of benzene rings is 1. The Morgan fingerprint density at radius 1 is 1.33 bits per heavy atom. The molecule has 0 bridgehead atoms. The number of hydrogen-bond acceptors (Lipinski definition) is 6. The monoisotopic (exact) mass is 264 g/mol. The number of hydrogen-bond donors (Lipinski definition) is 1. The van der Waals surface area contributed by atoms with Crippen LogP contribution in [0.2, 0.25) is 0 Å². The molecule has 0 unspecified atom stereocenters. The van der Waals surface area contributed by atoms with E-state index in [1.165, 1.54) is 28.2 Å². The number of anilines is 1. The summed E-state index contributed by atoms with van der Waals surface area (Å²) < 4.78 is 9.13. The van der Waals surface area contributed by atoms with E-state index in [0.717, 1.165) is 23.8 Å². The Hall–Kier alpha value is -1.69. The van der Waals surface area contributed by atoms with Crippen LogP contribution in [0.15, 0.2) is 12.1 Å². The number of ether oxygens (including phenoxy) is 1. The molecular formula is C12H16N4OS. The third kappa shape index (κ3) is 2.95. The van der Waals surface area contributed by atoms with Crippen LogP contribution in [-0.2, 0) is 6.42 Å². The SMILES string of the molecule is COc1cc(C)cc(C)c1CCNc1nnns1. The molecule has 0 fully saturated rings. The number of aromatic nitrogens is 3. The molecule has 1 aromatic carbocycles. The topological polar surface area (TPSA) is 59.9 Å². The van der Waals surface area contributed by atoms with Gasteiger partial charge in [0.05, 0.1) is 7.11 Å². The zero-order valence-electron chi connectivity index (χ0n) is 10.7. The molecule has 96 valence electrons. The van der Waals surface area contributed by atoms with E-state index >= 15 is 0 Å². The summed E-state index contributed by atoms with van der Waals surface area (Å²) in [5.74, 6) is 0.949. The van der Waals surface area contributed by atoms with E-state index in [2.05, 4.69) is 46.1 Å². The number of methoxy groups -OCH3 is 1. The van der Waals surface area contributed by atoms with Crippen LogP contribution >= 0.6 is 11.5 Å². The van der Waals surface area contributed by atoms with Crippen molar-refractivity contribution < 1.29 is 4.74 Å². The molecule has 2 rings (SSSR count). The summed E-state index contributed by atoms with van der Waals surface area (Å²) in [5, 5.41) is 11.3. The van der Waals surface area contributed by atoms with Crippen LogP contribution in [0.1, 0.15) is 16.7 Å². The number of nitrogens with zero attached hydrogens (tertiary/aromatic N) is 3. The molecular weight excluding hydrogens is 248 g/mol. The Kier molecular flexibility index (Phi) is 4.09. The average molecular weight is 264 g/mol. The lowest BCUT2D eigenvalue weighted by Gasteiger charge is -2.13. The molecule has 0 saturated heterocycles. The summed E-state index contributed by atoms with van der Waals surface area (Å²) >= 11 is 1.26. The third-order valence-corrected chi connectivity index (χ3v) is 3.30. The predicted octanol–water partition coefficient (Wildman–Crippen LogP) is 2.21. The number of aryl methyl sites for hydroxylation is 2. The van der Waals surface area contributed by atoms with Crippen LogP contribution in [0.5, 0.6) is 5.75 Å². The smallest absolute Gasteiger partial charge is 0.225 e. The van der Waals surface area contributed by atoms with Crippen LogP contribution in [0.25, 0.3) is 0 Å². The van der Waals surface area contributed by atoms with E-state index in [-0.39, 0.29) is 0 Å². The molecule has 2 aromatic rings. The van der Waals surface area contributed by atoms with Gasteiger partial charge in [-0.25, -0.2) is 0 Å². The van der Waals surface area contributed by atoms with Crippen molar-refractivity contribution in [3.05, 3.63) is 28.8 Å². The van der Waals surface area contributed by atoms with Gasteiger partial charge in [-0.2, -0.15) is 0 Å². The van der Waals surface area contributed by atoms with Crippen molar-refractivity contribution in [1.82, 2.24) is 14.8 Å². The fourth-order valence-corrected chi connectivity index (χ4v) is 2.35. The summed E-state index contributed by atoms with van der Waals surface area (Å²) in [6.45, 7) is 4.97. The highest BCUT2D eigenvalue weighted by Gasteiger charge is 2.07. The summed E-state index contributed by atoms with van der Waals surface area (Å²) in [6, 6.07) is 4.24. The lowest BCUT2D eigenvalue weighted by Crippen LogP contribution is -2.07. The van der Waals surface area contributed by atoms with Crippen molar-refractivity contribution in [1.29, 1.82) is 0 Å². The Morgan fingerprint density at radius 3 is 2.83 bits per heavy atom. The van der Waals surface area contributed by atoms with Crippen LogP contribution < -0.4 is 10.1 Å². The third-order valence-electron chi connectivity index (χ3n) is 2.75. The van der Waals surface area contributed by atoms with Gasteiger partial charge in [-0.05, 0) is 48.2 Å². The minimum atomic E-state index is 0.749. The molecule has 6 heteroatoms. The highest BCUT2D eigenvalue weighted by Crippen LogP contribution is 2.24. The first kappa shape index (κ1) is 12.8. The number of nitrogens with one attached hydrogen (secondary N) is 1. The first-order valence-corrected chi connectivity index (χ1v) is 6.51. The van der Waals surface area contributed by atoms with Crippen LogP contribution in [0.3, 0.4) is 0 Å². The highest BCUT2D eigenvalue weighted by atomic mass is 32.1. The summed E-state index contributed by atoms with van der Waals surface area (Å²) in [4.78, 5) is 0. The average Bonchev–Trinajstić information content (AvgIpc) is 2.84. The molecule has 0 spiro atoms. The zero-order valence-corrected chi connectivity index (χ0v) is 11.5. The molecule has 1 heterocycles. The van der Waals surface area contributed by atoms with E-state index in [4.69, 9.17) is 4.74 Å². The van der Waals surface area contributed by atoms with Crippen LogP contribution in [0, 0.1) is 13.8 Å². The fourth-order valence-electron chi connectivity index (χ4n) is 1.96. The van der Waals surface area contributed by atoms with Crippen molar-refractivity contribution in [2.24, 2.45) is 0 Å².